The van der Waals surface area contributed by atoms with Crippen molar-refractivity contribution < 1.29 is 4.79 Å². The fraction of sp³-hybridized carbons (Fsp3) is 0.286. The van der Waals surface area contributed by atoms with Crippen LogP contribution in [0.2, 0.25) is 5.02 Å². The zero-order chi connectivity index (χ0) is 19.0. The lowest BCUT2D eigenvalue weighted by Gasteiger charge is -2.24. The predicted octanol–water partition coefficient (Wildman–Crippen LogP) is 5.40. The van der Waals surface area contributed by atoms with E-state index in [0.717, 1.165) is 16.1 Å². The fourth-order valence-corrected chi connectivity index (χ4v) is 4.01. The number of benzene rings is 1. The van der Waals surface area contributed by atoms with E-state index in [9.17, 15) is 4.79 Å². The molecule has 0 saturated heterocycles. The van der Waals surface area contributed by atoms with Crippen LogP contribution in [0, 0.1) is 0 Å². The molecular formula is C21H20ClN3OS. The van der Waals surface area contributed by atoms with Crippen molar-refractivity contribution in [2.24, 2.45) is 0 Å². The smallest absolute Gasteiger partial charge is 0.271 e. The van der Waals surface area contributed by atoms with Gasteiger partial charge in [-0.2, -0.15) is 0 Å². The fourth-order valence-electron chi connectivity index (χ4n) is 3.11. The maximum atomic E-state index is 13.1. The summed E-state index contributed by atoms with van der Waals surface area (Å²) in [6, 6.07) is 9.64. The number of rotatable bonds is 5. The Hall–Kier alpha value is -2.24. The largest absolute Gasteiger partial charge is 0.339 e. The molecule has 1 N–H and O–H groups in total. The average molecular weight is 398 g/mol. The molecule has 1 aliphatic carbocycles. The van der Waals surface area contributed by atoms with E-state index in [4.69, 9.17) is 11.6 Å². The van der Waals surface area contributed by atoms with Gasteiger partial charge in [0, 0.05) is 28.4 Å². The minimum Gasteiger partial charge on any atom is -0.339 e. The molecule has 2 heterocycles. The van der Waals surface area contributed by atoms with Crippen molar-refractivity contribution in [2.75, 3.05) is 0 Å². The van der Waals surface area contributed by atoms with Gasteiger partial charge in [-0.15, -0.1) is 11.3 Å². The van der Waals surface area contributed by atoms with Gasteiger partial charge in [0.15, 0.2) is 0 Å². The van der Waals surface area contributed by atoms with Crippen LogP contribution in [-0.2, 0) is 5.54 Å². The van der Waals surface area contributed by atoms with Crippen molar-refractivity contribution in [3.8, 4) is 11.1 Å². The molecule has 1 aliphatic rings. The van der Waals surface area contributed by atoms with Crippen molar-refractivity contribution in [2.45, 2.75) is 38.1 Å². The van der Waals surface area contributed by atoms with Crippen molar-refractivity contribution in [3.05, 3.63) is 69.4 Å². The zero-order valence-corrected chi connectivity index (χ0v) is 16.8. The molecule has 3 aromatic rings. The maximum Gasteiger partial charge on any atom is 0.271 e. The van der Waals surface area contributed by atoms with Crippen LogP contribution < -0.4 is 5.32 Å². The summed E-state index contributed by atoms with van der Waals surface area (Å²) < 4.78 is 0. The highest BCUT2D eigenvalue weighted by Gasteiger charge is 2.29. The minimum atomic E-state index is -0.576. The van der Waals surface area contributed by atoms with E-state index in [2.05, 4.69) is 21.4 Å². The maximum absolute atomic E-state index is 13.1. The van der Waals surface area contributed by atoms with Crippen molar-refractivity contribution >= 4 is 28.8 Å². The van der Waals surface area contributed by atoms with E-state index in [1.54, 1.807) is 6.20 Å². The molecule has 1 saturated carbocycles. The lowest BCUT2D eigenvalue weighted by molar-refractivity contribution is 0.0907. The van der Waals surface area contributed by atoms with Crippen LogP contribution in [0.1, 0.15) is 53.7 Å². The predicted molar refractivity (Wildman–Crippen MR) is 109 cm³/mol. The first-order valence-electron chi connectivity index (χ1n) is 8.92. The normalized spacial score (nSPS) is 14.2. The summed E-state index contributed by atoms with van der Waals surface area (Å²) in [7, 11) is 0. The molecule has 0 radical (unpaired) electrons. The molecule has 0 atom stereocenters. The molecular weight excluding hydrogens is 378 g/mol. The number of hydrogen-bond donors (Lipinski definition) is 1. The molecule has 1 fully saturated rings. The average Bonchev–Trinajstić information content (AvgIpc) is 3.33. The van der Waals surface area contributed by atoms with Crippen LogP contribution in [0.15, 0.2) is 48.1 Å². The summed E-state index contributed by atoms with van der Waals surface area (Å²) in [6.45, 7) is 3.89. The number of pyridine rings is 1. The van der Waals surface area contributed by atoms with Crippen LogP contribution in [0.5, 0.6) is 0 Å². The molecule has 4 nitrogen and oxygen atoms in total. The summed E-state index contributed by atoms with van der Waals surface area (Å²) in [4.78, 5) is 22.0. The number of aromatic nitrogens is 2. The molecule has 138 valence electrons. The van der Waals surface area contributed by atoms with Crippen LogP contribution in [0.25, 0.3) is 11.1 Å². The third-order valence-electron chi connectivity index (χ3n) is 4.70. The zero-order valence-electron chi connectivity index (χ0n) is 15.2. The highest BCUT2D eigenvalue weighted by atomic mass is 35.5. The molecule has 0 aliphatic heterocycles. The lowest BCUT2D eigenvalue weighted by Crippen LogP contribution is -2.41. The second kappa shape index (κ2) is 7.06. The summed E-state index contributed by atoms with van der Waals surface area (Å²) in [5.41, 5.74) is 2.73. The number of carbonyl (C=O) groups is 1. The van der Waals surface area contributed by atoms with Gasteiger partial charge >= 0.3 is 0 Å². The first-order valence-corrected chi connectivity index (χ1v) is 10.2. The van der Waals surface area contributed by atoms with Gasteiger partial charge in [-0.1, -0.05) is 23.7 Å². The van der Waals surface area contributed by atoms with Crippen LogP contribution in [0.4, 0.5) is 0 Å². The van der Waals surface area contributed by atoms with Crippen molar-refractivity contribution in [3.63, 3.8) is 0 Å². The SMILES string of the molecule is CC(C)(NC(=O)c1ncc(C2CC2)cc1-c1cccc(Cl)c1)c1nccs1. The molecule has 0 unspecified atom stereocenters. The molecule has 1 aromatic carbocycles. The Labute approximate surface area is 167 Å². The molecule has 2 aromatic heterocycles. The number of hydrogen-bond acceptors (Lipinski definition) is 4. The molecule has 0 bridgehead atoms. The second-order valence-electron chi connectivity index (χ2n) is 7.37. The first kappa shape index (κ1) is 18.1. The summed E-state index contributed by atoms with van der Waals surface area (Å²) in [5, 5.41) is 6.48. The number of nitrogens with one attached hydrogen (secondary N) is 1. The highest BCUT2D eigenvalue weighted by molar-refractivity contribution is 7.09. The van der Waals surface area contributed by atoms with E-state index < -0.39 is 5.54 Å². The number of nitrogens with zero attached hydrogens (tertiary/aromatic N) is 2. The van der Waals surface area contributed by atoms with Crippen LogP contribution in [0.3, 0.4) is 0 Å². The topological polar surface area (TPSA) is 54.9 Å². The van der Waals surface area contributed by atoms with E-state index in [1.807, 2.05) is 49.7 Å². The van der Waals surface area contributed by atoms with Gasteiger partial charge in [0.25, 0.3) is 5.91 Å². The van der Waals surface area contributed by atoms with Gasteiger partial charge in [0.1, 0.15) is 10.7 Å². The molecule has 27 heavy (non-hydrogen) atoms. The van der Waals surface area contributed by atoms with Crippen molar-refractivity contribution in [1.29, 1.82) is 0 Å². The lowest BCUT2D eigenvalue weighted by atomic mass is 9.99. The van der Waals surface area contributed by atoms with Gasteiger partial charge in [0.2, 0.25) is 0 Å². The molecule has 1 amide bonds. The molecule has 4 rings (SSSR count). The number of halogens is 1. The Balaban J connectivity index is 1.72. The van der Waals surface area contributed by atoms with Gasteiger partial charge in [-0.3, -0.25) is 9.78 Å². The van der Waals surface area contributed by atoms with Gasteiger partial charge in [-0.25, -0.2) is 4.98 Å². The molecule has 6 heteroatoms. The van der Waals surface area contributed by atoms with Gasteiger partial charge in [-0.05, 0) is 61.9 Å². The van der Waals surface area contributed by atoms with Crippen LogP contribution >= 0.6 is 22.9 Å². The Bertz CT molecular complexity index is 981. The van der Waals surface area contributed by atoms with E-state index in [-0.39, 0.29) is 5.91 Å². The van der Waals surface area contributed by atoms with E-state index in [1.165, 1.54) is 29.7 Å². The Morgan fingerprint density at radius 2 is 2.07 bits per heavy atom. The number of carbonyl (C=O) groups excluding carboxylic acids is 1. The third-order valence-corrected chi connectivity index (χ3v) is 6.03. The van der Waals surface area contributed by atoms with E-state index in [0.29, 0.717) is 16.6 Å². The Morgan fingerprint density at radius 3 is 2.74 bits per heavy atom. The standard InChI is InChI=1S/C21H20ClN3OS/c1-21(2,20-23-8-9-27-20)25-19(26)18-17(14-4-3-5-16(22)10-14)11-15(12-24-18)13-6-7-13/h3-5,8-13H,6-7H2,1-2H3,(H,25,26). The number of amides is 1. The highest BCUT2D eigenvalue weighted by Crippen LogP contribution is 2.41. The van der Waals surface area contributed by atoms with E-state index >= 15 is 0 Å². The minimum absolute atomic E-state index is 0.215. The van der Waals surface area contributed by atoms with Gasteiger partial charge < -0.3 is 5.32 Å². The monoisotopic (exact) mass is 397 g/mol. The van der Waals surface area contributed by atoms with Crippen LogP contribution in [-0.4, -0.2) is 15.9 Å². The molecule has 0 spiro atoms. The second-order valence-corrected chi connectivity index (χ2v) is 8.70. The Kier molecular flexibility index (Phi) is 4.74. The third kappa shape index (κ3) is 3.89. The summed E-state index contributed by atoms with van der Waals surface area (Å²) >= 11 is 7.71. The summed E-state index contributed by atoms with van der Waals surface area (Å²) in [6.07, 6.45) is 5.93. The quantitative estimate of drug-likeness (QED) is 0.627. The first-order chi connectivity index (χ1) is 12.9. The number of thiazole rings is 1. The summed E-state index contributed by atoms with van der Waals surface area (Å²) in [5.74, 6) is 0.340. The van der Waals surface area contributed by atoms with Crippen molar-refractivity contribution in [1.82, 2.24) is 15.3 Å². The Morgan fingerprint density at radius 1 is 1.26 bits per heavy atom. The van der Waals surface area contributed by atoms with Gasteiger partial charge in [0.05, 0.1) is 5.54 Å².